The number of carboxylic acids is 1. The number of rotatable bonds is 4. The van der Waals surface area contributed by atoms with Gasteiger partial charge in [0.1, 0.15) is 5.75 Å². The molecule has 27 heavy (non-hydrogen) atoms. The van der Waals surface area contributed by atoms with Crippen molar-refractivity contribution >= 4 is 40.9 Å². The number of halogens is 2. The van der Waals surface area contributed by atoms with Crippen LogP contribution in [0.2, 0.25) is 10.0 Å². The second kappa shape index (κ2) is 10.6. The van der Waals surface area contributed by atoms with Crippen molar-refractivity contribution in [1.82, 2.24) is 4.90 Å². The Hall–Kier alpha value is -2.44. The van der Waals surface area contributed by atoms with Crippen LogP contribution in [-0.2, 0) is 4.79 Å². The Balaban J connectivity index is 0.000000271. The smallest absolute Gasteiger partial charge is 0.341 e. The van der Waals surface area contributed by atoms with Gasteiger partial charge in [0.05, 0.1) is 0 Å². The van der Waals surface area contributed by atoms with Crippen LogP contribution >= 0.6 is 23.2 Å². The first kappa shape index (κ1) is 22.6. The lowest BCUT2D eigenvalue weighted by molar-refractivity contribution is -0.139. The van der Waals surface area contributed by atoms with Gasteiger partial charge in [0.15, 0.2) is 6.61 Å². The highest BCUT2D eigenvalue weighted by molar-refractivity contribution is 6.31. The van der Waals surface area contributed by atoms with Gasteiger partial charge in [-0.3, -0.25) is 0 Å². The highest BCUT2D eigenvalue weighted by atomic mass is 35.5. The number of benzene rings is 2. The third kappa shape index (κ3) is 8.19. The lowest BCUT2D eigenvalue weighted by atomic mass is 10.2. The maximum Gasteiger partial charge on any atom is 0.341 e. The predicted octanol–water partition coefficient (Wildman–Crippen LogP) is 4.85. The van der Waals surface area contributed by atoms with Crippen LogP contribution in [0.15, 0.2) is 36.4 Å². The van der Waals surface area contributed by atoms with Crippen LogP contribution in [0, 0.1) is 13.8 Å². The molecule has 2 amide bonds. The van der Waals surface area contributed by atoms with Gasteiger partial charge in [-0.05, 0) is 55.3 Å². The zero-order chi connectivity index (χ0) is 20.6. The molecule has 2 N–H and O–H groups in total. The molecule has 0 aliphatic heterocycles. The Morgan fingerprint density at radius 1 is 1.07 bits per heavy atom. The molecule has 6 nitrogen and oxygen atoms in total. The summed E-state index contributed by atoms with van der Waals surface area (Å²) in [4.78, 5) is 22.9. The lowest BCUT2D eigenvalue weighted by Crippen LogP contribution is -2.27. The van der Waals surface area contributed by atoms with Gasteiger partial charge < -0.3 is 20.1 Å². The van der Waals surface area contributed by atoms with Crippen molar-refractivity contribution in [3.8, 4) is 5.75 Å². The number of ether oxygens (including phenoxy) is 1. The normalized spacial score (nSPS) is 9.70. The summed E-state index contributed by atoms with van der Waals surface area (Å²) in [6.07, 6.45) is 0. The summed E-state index contributed by atoms with van der Waals surface area (Å²) in [5.41, 5.74) is 2.53. The van der Waals surface area contributed by atoms with Gasteiger partial charge in [-0.1, -0.05) is 29.3 Å². The topological polar surface area (TPSA) is 78.9 Å². The summed E-state index contributed by atoms with van der Waals surface area (Å²) in [6.45, 7) is 3.39. The zero-order valence-corrected chi connectivity index (χ0v) is 17.1. The van der Waals surface area contributed by atoms with Gasteiger partial charge in [0, 0.05) is 29.8 Å². The van der Waals surface area contributed by atoms with E-state index < -0.39 is 5.97 Å². The number of urea groups is 1. The number of carbonyl (C=O) groups is 2. The molecule has 0 aliphatic carbocycles. The summed E-state index contributed by atoms with van der Waals surface area (Å²) in [6, 6.07) is 10.3. The molecule has 0 saturated heterocycles. The Morgan fingerprint density at radius 2 is 1.74 bits per heavy atom. The van der Waals surface area contributed by atoms with Crippen molar-refractivity contribution < 1.29 is 19.4 Å². The van der Waals surface area contributed by atoms with Gasteiger partial charge in [-0.2, -0.15) is 0 Å². The predicted molar refractivity (Wildman–Crippen MR) is 108 cm³/mol. The van der Waals surface area contributed by atoms with Crippen LogP contribution < -0.4 is 10.1 Å². The van der Waals surface area contributed by atoms with E-state index in [0.29, 0.717) is 21.5 Å². The van der Waals surface area contributed by atoms with E-state index in [9.17, 15) is 9.59 Å². The second-order valence-electron chi connectivity index (χ2n) is 5.88. The van der Waals surface area contributed by atoms with E-state index in [0.717, 1.165) is 11.1 Å². The number of carbonyl (C=O) groups excluding carboxylic acids is 1. The Bertz CT molecular complexity index is 810. The molecule has 2 aromatic carbocycles. The van der Waals surface area contributed by atoms with Crippen LogP contribution in [0.3, 0.4) is 0 Å². The van der Waals surface area contributed by atoms with Crippen LogP contribution in [0.5, 0.6) is 5.75 Å². The fourth-order valence-electron chi connectivity index (χ4n) is 1.82. The largest absolute Gasteiger partial charge is 0.482 e. The number of anilines is 1. The molecular formula is C19H22Cl2N2O4. The van der Waals surface area contributed by atoms with Gasteiger partial charge in [-0.25, -0.2) is 9.59 Å². The molecule has 0 saturated carbocycles. The summed E-state index contributed by atoms with van der Waals surface area (Å²) >= 11 is 11.6. The van der Waals surface area contributed by atoms with E-state index in [-0.39, 0.29) is 12.6 Å². The molecule has 0 atom stereocenters. The van der Waals surface area contributed by atoms with E-state index in [1.54, 1.807) is 38.4 Å². The van der Waals surface area contributed by atoms with E-state index >= 15 is 0 Å². The average Bonchev–Trinajstić information content (AvgIpc) is 2.57. The Morgan fingerprint density at radius 3 is 2.26 bits per heavy atom. The third-order valence-corrected chi connectivity index (χ3v) is 3.96. The van der Waals surface area contributed by atoms with Crippen molar-refractivity contribution in [2.75, 3.05) is 26.0 Å². The second-order valence-corrected chi connectivity index (χ2v) is 6.72. The van der Waals surface area contributed by atoms with E-state index in [1.165, 1.54) is 4.90 Å². The molecule has 0 aromatic heterocycles. The molecule has 0 fully saturated rings. The highest BCUT2D eigenvalue weighted by Gasteiger charge is 2.04. The molecule has 146 valence electrons. The molecule has 0 heterocycles. The van der Waals surface area contributed by atoms with Gasteiger partial charge in [-0.15, -0.1) is 0 Å². The molecule has 0 unspecified atom stereocenters. The van der Waals surface area contributed by atoms with Gasteiger partial charge >= 0.3 is 12.0 Å². The number of nitrogens with one attached hydrogen (secondary N) is 1. The van der Waals surface area contributed by atoms with Crippen molar-refractivity contribution in [2.45, 2.75) is 13.8 Å². The van der Waals surface area contributed by atoms with Crippen molar-refractivity contribution in [1.29, 1.82) is 0 Å². The minimum absolute atomic E-state index is 0.162. The van der Waals surface area contributed by atoms with E-state index in [2.05, 4.69) is 5.32 Å². The van der Waals surface area contributed by atoms with Crippen LogP contribution in [0.1, 0.15) is 11.1 Å². The SMILES string of the molecule is Cc1cc(Cl)ccc1OCC(=O)O.Cc1ccc(NC(=O)N(C)C)cc1Cl. The fraction of sp³-hybridized carbons (Fsp3) is 0.263. The lowest BCUT2D eigenvalue weighted by Gasteiger charge is -2.12. The molecule has 0 aliphatic rings. The first-order chi connectivity index (χ1) is 12.6. The minimum atomic E-state index is -0.991. The first-order valence-electron chi connectivity index (χ1n) is 7.95. The number of aliphatic carboxylic acids is 1. The molecule has 8 heteroatoms. The maximum absolute atomic E-state index is 11.3. The average molecular weight is 413 g/mol. The number of carboxylic acid groups (broad SMARTS) is 1. The number of aryl methyl sites for hydroxylation is 2. The monoisotopic (exact) mass is 412 g/mol. The highest BCUT2D eigenvalue weighted by Crippen LogP contribution is 2.21. The van der Waals surface area contributed by atoms with Crippen molar-refractivity contribution in [3.05, 3.63) is 57.6 Å². The maximum atomic E-state index is 11.3. The van der Waals surface area contributed by atoms with Crippen LogP contribution in [0.4, 0.5) is 10.5 Å². The number of amides is 2. The molecule has 2 rings (SSSR count). The number of hydrogen-bond donors (Lipinski definition) is 2. The number of nitrogens with zero attached hydrogens (tertiary/aromatic N) is 1. The molecule has 0 radical (unpaired) electrons. The summed E-state index contributed by atoms with van der Waals surface area (Å²) in [5.74, 6) is -0.443. The molecular weight excluding hydrogens is 391 g/mol. The van der Waals surface area contributed by atoms with Crippen molar-refractivity contribution in [3.63, 3.8) is 0 Å². The summed E-state index contributed by atoms with van der Waals surface area (Å²) in [5, 5.41) is 12.3. The quantitative estimate of drug-likeness (QED) is 0.751. The summed E-state index contributed by atoms with van der Waals surface area (Å²) in [7, 11) is 3.37. The van der Waals surface area contributed by atoms with Crippen molar-refractivity contribution in [2.24, 2.45) is 0 Å². The third-order valence-electron chi connectivity index (χ3n) is 3.32. The fourth-order valence-corrected chi connectivity index (χ4v) is 2.23. The number of hydrogen-bond acceptors (Lipinski definition) is 3. The zero-order valence-electron chi connectivity index (χ0n) is 15.5. The van der Waals surface area contributed by atoms with Crippen LogP contribution in [0.25, 0.3) is 0 Å². The van der Waals surface area contributed by atoms with Gasteiger partial charge in [0.25, 0.3) is 0 Å². The first-order valence-corrected chi connectivity index (χ1v) is 8.71. The van der Waals surface area contributed by atoms with E-state index in [4.69, 9.17) is 33.0 Å². The van der Waals surface area contributed by atoms with Crippen LogP contribution in [-0.4, -0.2) is 42.7 Å². The molecule has 2 aromatic rings. The summed E-state index contributed by atoms with van der Waals surface area (Å²) < 4.78 is 5.00. The Kier molecular flexibility index (Phi) is 8.91. The Labute approximate surface area is 168 Å². The molecule has 0 spiro atoms. The van der Waals surface area contributed by atoms with Gasteiger partial charge in [0.2, 0.25) is 0 Å². The van der Waals surface area contributed by atoms with E-state index in [1.807, 2.05) is 26.0 Å². The molecule has 0 bridgehead atoms. The standard InChI is InChI=1S/C10H13ClN2O.C9H9ClO3/c1-7-4-5-8(6-9(7)11)12-10(14)13(2)3;1-6-4-7(10)2-3-8(6)13-5-9(11)12/h4-6H,1-3H3,(H,12,14);2-4H,5H2,1H3,(H,11,12). The minimum Gasteiger partial charge on any atom is -0.482 e.